The van der Waals surface area contributed by atoms with Crippen LogP contribution in [-0.2, 0) is 26.8 Å². The van der Waals surface area contributed by atoms with Gasteiger partial charge < -0.3 is 14.1 Å². The minimum atomic E-state index is -4.33. The maximum Gasteiger partial charge on any atom is 0.374 e. The Balaban J connectivity index is 1.56. The molecule has 0 fully saturated rings. The van der Waals surface area contributed by atoms with Gasteiger partial charge in [-0.3, -0.25) is 9.11 Å². The molecular formula is C23H23N2O8S2+. The van der Waals surface area contributed by atoms with Gasteiger partial charge in [-0.15, -0.1) is 0 Å². The van der Waals surface area contributed by atoms with Crippen LogP contribution in [0.3, 0.4) is 0 Å². The van der Waals surface area contributed by atoms with Crippen LogP contribution in [0.5, 0.6) is 5.75 Å². The van der Waals surface area contributed by atoms with Crippen molar-refractivity contribution in [1.82, 2.24) is 0 Å². The highest BCUT2D eigenvalue weighted by atomic mass is 32.2. The van der Waals surface area contributed by atoms with Crippen LogP contribution in [0.15, 0.2) is 80.8 Å². The zero-order chi connectivity index (χ0) is 25.4. The van der Waals surface area contributed by atoms with Crippen molar-refractivity contribution in [2.75, 3.05) is 11.4 Å². The number of ether oxygens (including phenoxy) is 1. The van der Waals surface area contributed by atoms with Gasteiger partial charge in [-0.05, 0) is 50.3 Å². The Hall–Kier alpha value is -3.45. The average molecular weight is 520 g/mol. The molecular weight excluding hydrogens is 496 g/mol. The minimum Gasteiger partial charge on any atom is -0.439 e. The molecule has 0 spiro atoms. The predicted octanol–water partition coefficient (Wildman–Crippen LogP) is 3.56. The first-order chi connectivity index (χ1) is 16.5. The van der Waals surface area contributed by atoms with Gasteiger partial charge in [0.05, 0.1) is 16.7 Å². The average Bonchev–Trinajstić information content (AvgIpc) is 3.33. The lowest BCUT2D eigenvalue weighted by Gasteiger charge is -2.15. The van der Waals surface area contributed by atoms with E-state index in [1.54, 1.807) is 39.8 Å². The van der Waals surface area contributed by atoms with Crippen LogP contribution in [0.25, 0.3) is 17.2 Å². The van der Waals surface area contributed by atoms with E-state index >= 15 is 0 Å². The standard InChI is InChI=1S/C23H22N2O8S2/c1-3-24-18-14-16(34(26,27)28)10-12-20(18)32-22(24)8-6-5-7-9-23-25(4-2)19-15-17(35(29,30)31)11-13-21(19)33-23/h5-15H,3-4H2,1-2H3,(H-,26,27,28,29,30,31)/p+1. The molecule has 2 N–H and O–H groups in total. The largest absolute Gasteiger partial charge is 0.439 e. The van der Waals surface area contributed by atoms with Gasteiger partial charge >= 0.3 is 5.89 Å². The van der Waals surface area contributed by atoms with E-state index in [9.17, 15) is 25.9 Å². The van der Waals surface area contributed by atoms with E-state index in [0.717, 1.165) is 0 Å². The second-order valence-corrected chi connectivity index (χ2v) is 10.3. The molecule has 2 aromatic carbocycles. The number of fused-ring (bicyclic) bond motifs is 2. The number of aryl methyl sites for hydroxylation is 1. The second kappa shape index (κ2) is 9.30. The first-order valence-electron chi connectivity index (χ1n) is 10.6. The zero-order valence-electron chi connectivity index (χ0n) is 18.8. The number of oxazole rings is 1. The Kier molecular flexibility index (Phi) is 6.56. The highest BCUT2D eigenvalue weighted by molar-refractivity contribution is 7.86. The summed E-state index contributed by atoms with van der Waals surface area (Å²) in [5, 5.41) is 0. The summed E-state index contributed by atoms with van der Waals surface area (Å²) >= 11 is 0. The summed E-state index contributed by atoms with van der Waals surface area (Å²) in [4.78, 5) is 1.35. The third kappa shape index (κ3) is 5.00. The number of nitrogens with zero attached hydrogens (tertiary/aromatic N) is 2. The van der Waals surface area contributed by atoms with E-state index in [4.69, 9.17) is 9.15 Å². The fourth-order valence-corrected chi connectivity index (χ4v) is 4.72. The molecule has 3 aromatic rings. The van der Waals surface area contributed by atoms with Crippen LogP contribution in [-0.4, -0.2) is 32.5 Å². The molecule has 12 heteroatoms. The number of rotatable bonds is 7. The van der Waals surface area contributed by atoms with E-state index in [2.05, 4.69) is 0 Å². The number of aromatic nitrogens is 1. The normalized spacial score (nSPS) is 15.5. The number of benzene rings is 2. The summed E-state index contributed by atoms with van der Waals surface area (Å²) in [6.07, 6.45) is 8.64. The second-order valence-electron chi connectivity index (χ2n) is 7.49. The molecule has 35 heavy (non-hydrogen) atoms. The Bertz CT molecular complexity index is 1600. The van der Waals surface area contributed by atoms with Crippen molar-refractivity contribution < 1.29 is 39.7 Å². The smallest absolute Gasteiger partial charge is 0.374 e. The SMILES string of the molecule is CCN1C(=CC=CC=Cc2oc3ccc(S(=O)(=O)O)cc3[n+]2CC)Oc2ccc(S(=O)(=O)O)cc21. The molecule has 1 aromatic heterocycles. The number of hydrogen-bond donors (Lipinski definition) is 2. The molecule has 1 aliphatic rings. The van der Waals surface area contributed by atoms with Gasteiger partial charge in [0.1, 0.15) is 11.4 Å². The lowest BCUT2D eigenvalue weighted by Crippen LogP contribution is -2.33. The molecule has 0 saturated heterocycles. The van der Waals surface area contributed by atoms with Gasteiger partial charge in [-0.1, -0.05) is 18.2 Å². The third-order valence-electron chi connectivity index (χ3n) is 5.33. The van der Waals surface area contributed by atoms with Crippen LogP contribution in [0.1, 0.15) is 19.7 Å². The Labute approximate surface area is 202 Å². The molecule has 0 bridgehead atoms. The van der Waals surface area contributed by atoms with Crippen molar-refractivity contribution >= 4 is 43.1 Å². The van der Waals surface area contributed by atoms with Crippen LogP contribution in [0, 0.1) is 0 Å². The molecule has 4 rings (SSSR count). The fraction of sp³-hybridized carbons (Fsp3) is 0.174. The van der Waals surface area contributed by atoms with Gasteiger partial charge in [0.2, 0.25) is 11.5 Å². The Morgan fingerprint density at radius 2 is 1.63 bits per heavy atom. The molecule has 2 heterocycles. The Morgan fingerprint density at radius 3 is 2.29 bits per heavy atom. The molecule has 1 aliphatic heterocycles. The number of hydrogen-bond acceptors (Lipinski definition) is 7. The fourth-order valence-electron chi connectivity index (χ4n) is 3.72. The summed E-state index contributed by atoms with van der Waals surface area (Å²) in [6.45, 7) is 4.79. The van der Waals surface area contributed by atoms with Crippen molar-refractivity contribution in [2.24, 2.45) is 0 Å². The zero-order valence-corrected chi connectivity index (χ0v) is 20.5. The van der Waals surface area contributed by atoms with Crippen molar-refractivity contribution in [3.63, 3.8) is 0 Å². The molecule has 0 atom stereocenters. The highest BCUT2D eigenvalue weighted by Gasteiger charge is 2.27. The summed E-state index contributed by atoms with van der Waals surface area (Å²) in [7, 11) is -8.65. The maximum atomic E-state index is 11.4. The number of allylic oxidation sites excluding steroid dienone is 4. The quantitative estimate of drug-likeness (QED) is 0.272. The van der Waals surface area contributed by atoms with Crippen LogP contribution in [0.2, 0.25) is 0 Å². The lowest BCUT2D eigenvalue weighted by atomic mass is 10.3. The van der Waals surface area contributed by atoms with Gasteiger partial charge in [-0.25, -0.2) is 0 Å². The van der Waals surface area contributed by atoms with Crippen LogP contribution < -0.4 is 14.2 Å². The summed E-state index contributed by atoms with van der Waals surface area (Å²) in [6, 6.07) is 8.25. The van der Waals surface area contributed by atoms with Crippen molar-refractivity contribution in [2.45, 2.75) is 30.2 Å². The molecule has 0 unspecified atom stereocenters. The van der Waals surface area contributed by atoms with Gasteiger partial charge in [0.15, 0.2) is 5.75 Å². The van der Waals surface area contributed by atoms with E-state index < -0.39 is 20.2 Å². The van der Waals surface area contributed by atoms with E-state index in [0.29, 0.717) is 47.4 Å². The van der Waals surface area contributed by atoms with Crippen molar-refractivity contribution in [3.05, 3.63) is 72.5 Å². The molecule has 184 valence electrons. The van der Waals surface area contributed by atoms with Gasteiger partial charge in [-0.2, -0.15) is 21.4 Å². The molecule has 0 radical (unpaired) electrons. The first kappa shape index (κ1) is 24.7. The maximum absolute atomic E-state index is 11.4. The van der Waals surface area contributed by atoms with Crippen LogP contribution >= 0.6 is 0 Å². The molecule has 0 aliphatic carbocycles. The number of anilines is 1. The third-order valence-corrected chi connectivity index (χ3v) is 7.03. The van der Waals surface area contributed by atoms with E-state index in [1.165, 1.54) is 36.4 Å². The monoisotopic (exact) mass is 519 g/mol. The van der Waals surface area contributed by atoms with Crippen molar-refractivity contribution in [1.29, 1.82) is 0 Å². The minimum absolute atomic E-state index is 0.211. The van der Waals surface area contributed by atoms with E-state index in [1.807, 2.05) is 13.8 Å². The lowest BCUT2D eigenvalue weighted by molar-refractivity contribution is -0.674. The Morgan fingerprint density at radius 1 is 0.943 bits per heavy atom. The topological polar surface area (TPSA) is 138 Å². The molecule has 0 saturated carbocycles. The molecule has 0 amide bonds. The van der Waals surface area contributed by atoms with Crippen molar-refractivity contribution in [3.8, 4) is 5.75 Å². The molecule has 10 nitrogen and oxygen atoms in total. The first-order valence-corrected chi connectivity index (χ1v) is 13.5. The van der Waals surface area contributed by atoms with E-state index in [-0.39, 0.29) is 9.79 Å². The van der Waals surface area contributed by atoms with Crippen LogP contribution in [0.4, 0.5) is 5.69 Å². The highest BCUT2D eigenvalue weighted by Crippen LogP contribution is 2.40. The summed E-state index contributed by atoms with van der Waals surface area (Å²) < 4.78 is 77.8. The summed E-state index contributed by atoms with van der Waals surface area (Å²) in [5.74, 6) is 1.46. The predicted molar refractivity (Wildman–Crippen MR) is 128 cm³/mol. The summed E-state index contributed by atoms with van der Waals surface area (Å²) in [5.41, 5.74) is 1.55. The van der Waals surface area contributed by atoms with Gasteiger partial charge in [0.25, 0.3) is 25.8 Å². The van der Waals surface area contributed by atoms with Gasteiger partial charge in [0, 0.05) is 12.6 Å².